The van der Waals surface area contributed by atoms with E-state index in [0.29, 0.717) is 32.5 Å². The zero-order chi connectivity index (χ0) is 21.0. The molecule has 160 valence electrons. The Bertz CT molecular complexity index is 835. The first-order valence-corrected chi connectivity index (χ1v) is 10.3. The number of nitrogens with zero attached hydrogens (tertiary/aromatic N) is 2. The average molecular weight is 414 g/mol. The highest BCUT2D eigenvalue weighted by molar-refractivity contribution is 6.08. The molecule has 2 aromatic heterocycles. The number of imide groups is 1. The van der Waals surface area contributed by atoms with E-state index in [4.69, 9.17) is 8.83 Å². The van der Waals surface area contributed by atoms with Crippen molar-refractivity contribution < 1.29 is 23.2 Å². The second kappa shape index (κ2) is 8.74. The van der Waals surface area contributed by atoms with Gasteiger partial charge in [-0.15, -0.1) is 0 Å². The molecule has 4 amide bonds. The van der Waals surface area contributed by atoms with Crippen LogP contribution in [0.5, 0.6) is 0 Å². The molecule has 30 heavy (non-hydrogen) atoms. The molecule has 0 radical (unpaired) electrons. The van der Waals surface area contributed by atoms with E-state index in [0.717, 1.165) is 35.8 Å². The molecule has 0 bridgehead atoms. The van der Waals surface area contributed by atoms with Crippen LogP contribution in [0.25, 0.3) is 0 Å². The lowest BCUT2D eigenvalue weighted by Gasteiger charge is -2.30. The fraction of sp³-hybridized carbons (Fsp3) is 0.476. The number of nitrogens with one attached hydrogen (secondary N) is 2. The second-order valence-electron chi connectivity index (χ2n) is 7.87. The molecule has 1 spiro atoms. The zero-order valence-corrected chi connectivity index (χ0v) is 16.8. The van der Waals surface area contributed by atoms with Crippen molar-refractivity contribution >= 4 is 17.8 Å². The first kappa shape index (κ1) is 20.2. The molecule has 2 aliphatic rings. The number of furan rings is 2. The molecule has 2 aromatic rings. The smallest absolute Gasteiger partial charge is 0.344 e. The van der Waals surface area contributed by atoms with Crippen LogP contribution in [0.15, 0.2) is 45.6 Å². The summed E-state index contributed by atoms with van der Waals surface area (Å²) in [6.45, 7) is 1.42. The van der Waals surface area contributed by atoms with Crippen molar-refractivity contribution in [2.75, 3.05) is 6.54 Å². The van der Waals surface area contributed by atoms with E-state index < -0.39 is 17.5 Å². The summed E-state index contributed by atoms with van der Waals surface area (Å²) in [5.74, 6) is 0.796. The van der Waals surface area contributed by atoms with Gasteiger partial charge in [0.1, 0.15) is 17.1 Å². The van der Waals surface area contributed by atoms with E-state index in [1.807, 2.05) is 29.2 Å². The molecule has 1 saturated carbocycles. The average Bonchev–Trinajstić information content (AvgIpc) is 3.48. The summed E-state index contributed by atoms with van der Waals surface area (Å²) in [6.07, 6.45) is 7.39. The van der Waals surface area contributed by atoms with Gasteiger partial charge in [0.25, 0.3) is 5.91 Å². The molecular weight excluding hydrogens is 388 g/mol. The predicted octanol–water partition coefficient (Wildman–Crippen LogP) is 2.55. The van der Waals surface area contributed by atoms with Crippen LogP contribution in [0.1, 0.15) is 50.0 Å². The lowest BCUT2D eigenvalue weighted by molar-refractivity contribution is -0.140. The molecule has 0 aromatic carbocycles. The van der Waals surface area contributed by atoms with Crippen molar-refractivity contribution in [1.29, 1.82) is 0 Å². The molecule has 0 atom stereocenters. The van der Waals surface area contributed by atoms with Gasteiger partial charge in [0.2, 0.25) is 5.91 Å². The minimum atomic E-state index is -0.854. The monoisotopic (exact) mass is 414 g/mol. The van der Waals surface area contributed by atoms with Crippen molar-refractivity contribution in [3.05, 3.63) is 48.3 Å². The van der Waals surface area contributed by atoms with Crippen LogP contribution in [-0.4, -0.2) is 39.8 Å². The first-order valence-electron chi connectivity index (χ1n) is 10.3. The number of carbonyl (C=O) groups excluding carboxylic acids is 3. The fourth-order valence-electron chi connectivity index (χ4n) is 4.12. The number of urea groups is 1. The highest BCUT2D eigenvalue weighted by Gasteiger charge is 2.52. The van der Waals surface area contributed by atoms with E-state index in [2.05, 4.69) is 10.7 Å². The molecule has 2 fully saturated rings. The van der Waals surface area contributed by atoms with Crippen LogP contribution in [0.4, 0.5) is 4.79 Å². The van der Waals surface area contributed by atoms with Gasteiger partial charge in [0.15, 0.2) is 0 Å². The zero-order valence-electron chi connectivity index (χ0n) is 16.8. The molecule has 1 aliphatic carbocycles. The highest BCUT2D eigenvalue weighted by Crippen LogP contribution is 2.33. The Morgan fingerprint density at radius 1 is 1.07 bits per heavy atom. The Morgan fingerprint density at radius 3 is 2.27 bits per heavy atom. The number of rotatable bonds is 8. The minimum absolute atomic E-state index is 0.117. The lowest BCUT2D eigenvalue weighted by Crippen LogP contribution is -2.51. The van der Waals surface area contributed by atoms with E-state index in [9.17, 15) is 14.4 Å². The molecule has 2 N–H and O–H groups in total. The third kappa shape index (κ3) is 4.40. The van der Waals surface area contributed by atoms with Gasteiger partial charge in [-0.1, -0.05) is 19.3 Å². The normalized spacial score (nSPS) is 18.2. The number of hydrogen-bond donors (Lipinski definition) is 2. The Morgan fingerprint density at radius 2 is 1.70 bits per heavy atom. The Kier molecular flexibility index (Phi) is 5.89. The maximum atomic E-state index is 12.8. The van der Waals surface area contributed by atoms with Gasteiger partial charge in [-0.2, -0.15) is 5.01 Å². The standard InChI is InChI=1S/C21H26N4O5/c26-18(23-25-19(27)21(22-20(25)28)9-2-1-3-10-21)8-11-24(14-16-6-4-12-29-16)15-17-7-5-13-30-17/h4-7,12-13H,1-3,8-11,14-15H2,(H,22,28)(H,23,26). The van der Waals surface area contributed by atoms with Crippen LogP contribution in [0.3, 0.4) is 0 Å². The number of hydrogen-bond acceptors (Lipinski definition) is 6. The number of amides is 4. The lowest BCUT2D eigenvalue weighted by atomic mass is 9.82. The molecule has 9 nitrogen and oxygen atoms in total. The van der Waals surface area contributed by atoms with Gasteiger partial charge in [0, 0.05) is 13.0 Å². The van der Waals surface area contributed by atoms with Crippen molar-refractivity contribution in [2.24, 2.45) is 0 Å². The van der Waals surface area contributed by atoms with E-state index in [-0.39, 0.29) is 12.3 Å². The Balaban J connectivity index is 1.34. The molecule has 9 heteroatoms. The third-order valence-electron chi connectivity index (χ3n) is 5.68. The van der Waals surface area contributed by atoms with Gasteiger partial charge in [0.05, 0.1) is 25.6 Å². The first-order chi connectivity index (χ1) is 14.6. The Hall–Kier alpha value is -3.07. The second-order valence-corrected chi connectivity index (χ2v) is 7.87. The fourth-order valence-corrected chi connectivity index (χ4v) is 4.12. The van der Waals surface area contributed by atoms with Gasteiger partial charge in [-0.25, -0.2) is 4.79 Å². The minimum Gasteiger partial charge on any atom is -0.468 e. The maximum Gasteiger partial charge on any atom is 0.344 e. The van der Waals surface area contributed by atoms with Crippen LogP contribution in [-0.2, 0) is 22.7 Å². The summed E-state index contributed by atoms with van der Waals surface area (Å²) in [7, 11) is 0. The highest BCUT2D eigenvalue weighted by atomic mass is 16.3. The third-order valence-corrected chi connectivity index (χ3v) is 5.68. The summed E-state index contributed by atoms with van der Waals surface area (Å²) in [5.41, 5.74) is 1.63. The summed E-state index contributed by atoms with van der Waals surface area (Å²) >= 11 is 0. The largest absolute Gasteiger partial charge is 0.468 e. The van der Waals surface area contributed by atoms with Crippen LogP contribution in [0.2, 0.25) is 0 Å². The van der Waals surface area contributed by atoms with Crippen molar-refractivity contribution in [3.63, 3.8) is 0 Å². The molecule has 1 aliphatic heterocycles. The summed E-state index contributed by atoms with van der Waals surface area (Å²) in [6, 6.07) is 6.80. The molecule has 3 heterocycles. The van der Waals surface area contributed by atoms with Gasteiger partial charge < -0.3 is 14.2 Å². The van der Waals surface area contributed by atoms with Crippen molar-refractivity contribution in [2.45, 2.75) is 57.2 Å². The quantitative estimate of drug-likeness (QED) is 0.643. The number of carbonyl (C=O) groups is 3. The van der Waals surface area contributed by atoms with Crippen LogP contribution >= 0.6 is 0 Å². The van der Waals surface area contributed by atoms with Gasteiger partial charge >= 0.3 is 6.03 Å². The van der Waals surface area contributed by atoms with Crippen LogP contribution in [0, 0.1) is 0 Å². The summed E-state index contributed by atoms with van der Waals surface area (Å²) in [5, 5.41) is 3.63. The van der Waals surface area contributed by atoms with E-state index in [1.165, 1.54) is 0 Å². The van der Waals surface area contributed by atoms with E-state index in [1.54, 1.807) is 12.5 Å². The van der Waals surface area contributed by atoms with Crippen molar-refractivity contribution in [1.82, 2.24) is 20.7 Å². The van der Waals surface area contributed by atoms with Crippen molar-refractivity contribution in [3.8, 4) is 0 Å². The molecule has 4 rings (SSSR count). The molecule has 0 unspecified atom stereocenters. The number of hydrazine groups is 1. The van der Waals surface area contributed by atoms with Crippen LogP contribution < -0.4 is 10.7 Å². The summed E-state index contributed by atoms with van der Waals surface area (Å²) in [4.78, 5) is 39.6. The Labute approximate surface area is 174 Å². The molecular formula is C21H26N4O5. The maximum absolute atomic E-state index is 12.8. The SMILES string of the molecule is O=C(CCN(Cc1ccco1)Cc1ccco1)NN1C(=O)NC2(CCCCC2)C1=O. The topological polar surface area (TPSA) is 108 Å². The van der Waals surface area contributed by atoms with Gasteiger partial charge in [-0.3, -0.25) is 19.9 Å². The summed E-state index contributed by atoms with van der Waals surface area (Å²) < 4.78 is 10.8. The van der Waals surface area contributed by atoms with Gasteiger partial charge in [-0.05, 0) is 37.1 Å². The predicted molar refractivity (Wildman–Crippen MR) is 105 cm³/mol. The van der Waals surface area contributed by atoms with E-state index >= 15 is 0 Å². The molecule has 1 saturated heterocycles.